The van der Waals surface area contributed by atoms with E-state index >= 15 is 0 Å². The minimum Gasteiger partial charge on any atom is -0.503 e. The highest BCUT2D eigenvalue weighted by atomic mass is 16.5. The average molecular weight is 408 g/mol. The fourth-order valence-corrected chi connectivity index (χ4v) is 3.46. The number of benzene rings is 1. The SMILES string of the molecule is CCOc1ccc(C2C(C(=O)c3ccc(C)o3)=C(O)C(=O)N2c2cc(C)on2)cc1. The van der Waals surface area contributed by atoms with Crippen molar-refractivity contribution in [1.82, 2.24) is 5.16 Å². The van der Waals surface area contributed by atoms with Crippen molar-refractivity contribution in [2.75, 3.05) is 11.5 Å². The molecule has 30 heavy (non-hydrogen) atoms. The lowest BCUT2D eigenvalue weighted by Gasteiger charge is -2.24. The van der Waals surface area contributed by atoms with E-state index in [2.05, 4.69) is 5.16 Å². The van der Waals surface area contributed by atoms with Gasteiger partial charge in [-0.15, -0.1) is 0 Å². The molecule has 8 nitrogen and oxygen atoms in total. The Hall–Kier alpha value is -3.81. The maximum atomic E-state index is 13.2. The number of aliphatic hydroxyl groups is 1. The highest BCUT2D eigenvalue weighted by molar-refractivity contribution is 6.19. The molecular weight excluding hydrogens is 388 g/mol. The number of carbonyl (C=O) groups is 2. The number of carbonyl (C=O) groups excluding carboxylic acids is 2. The molecule has 1 atom stereocenters. The number of rotatable bonds is 6. The smallest absolute Gasteiger partial charge is 0.295 e. The first-order chi connectivity index (χ1) is 14.4. The number of aromatic nitrogens is 1. The van der Waals surface area contributed by atoms with Crippen molar-refractivity contribution in [3.63, 3.8) is 0 Å². The van der Waals surface area contributed by atoms with Crippen LogP contribution in [0.1, 0.15) is 40.6 Å². The van der Waals surface area contributed by atoms with Gasteiger partial charge in [0.05, 0.1) is 18.2 Å². The second-order valence-electron chi connectivity index (χ2n) is 6.88. The molecule has 0 spiro atoms. The monoisotopic (exact) mass is 408 g/mol. The lowest BCUT2D eigenvalue weighted by atomic mass is 9.95. The van der Waals surface area contributed by atoms with Crippen LogP contribution in [-0.4, -0.2) is 28.6 Å². The molecule has 1 N–H and O–H groups in total. The molecule has 0 bridgehead atoms. The van der Waals surface area contributed by atoms with Gasteiger partial charge in [-0.25, -0.2) is 0 Å². The summed E-state index contributed by atoms with van der Waals surface area (Å²) in [6, 6.07) is 10.8. The maximum Gasteiger partial charge on any atom is 0.295 e. The third-order valence-electron chi connectivity index (χ3n) is 4.79. The molecule has 1 aliphatic heterocycles. The zero-order valence-electron chi connectivity index (χ0n) is 16.7. The number of Topliss-reactive ketones (excluding diaryl/α,β-unsaturated/α-hetero) is 1. The van der Waals surface area contributed by atoms with Crippen LogP contribution in [0.15, 0.2) is 62.7 Å². The van der Waals surface area contributed by atoms with E-state index in [4.69, 9.17) is 13.7 Å². The molecule has 0 radical (unpaired) electrons. The Morgan fingerprint density at radius 2 is 1.90 bits per heavy atom. The summed E-state index contributed by atoms with van der Waals surface area (Å²) >= 11 is 0. The third kappa shape index (κ3) is 3.26. The van der Waals surface area contributed by atoms with E-state index in [1.54, 1.807) is 50.2 Å². The summed E-state index contributed by atoms with van der Waals surface area (Å²) in [5.41, 5.74) is 0.516. The molecule has 0 saturated carbocycles. The van der Waals surface area contributed by atoms with E-state index in [9.17, 15) is 14.7 Å². The minimum absolute atomic E-state index is 0.0379. The summed E-state index contributed by atoms with van der Waals surface area (Å²) in [6.07, 6.45) is 0. The maximum absolute atomic E-state index is 13.2. The fraction of sp³-hybridized carbons (Fsp3) is 0.227. The quantitative estimate of drug-likeness (QED) is 0.613. The molecule has 8 heteroatoms. The van der Waals surface area contributed by atoms with E-state index < -0.39 is 23.5 Å². The first-order valence-electron chi connectivity index (χ1n) is 9.44. The number of furan rings is 1. The molecule has 3 heterocycles. The number of anilines is 1. The molecule has 1 aromatic carbocycles. The predicted molar refractivity (Wildman–Crippen MR) is 107 cm³/mol. The van der Waals surface area contributed by atoms with Crippen LogP contribution < -0.4 is 9.64 Å². The van der Waals surface area contributed by atoms with Crippen LogP contribution in [0.3, 0.4) is 0 Å². The number of amides is 1. The van der Waals surface area contributed by atoms with Crippen molar-refractivity contribution in [3.05, 3.63) is 76.6 Å². The Morgan fingerprint density at radius 3 is 2.47 bits per heavy atom. The average Bonchev–Trinajstić information content (AvgIpc) is 3.41. The topological polar surface area (TPSA) is 106 Å². The Kier molecular flexibility index (Phi) is 4.91. The summed E-state index contributed by atoms with van der Waals surface area (Å²) in [5, 5.41) is 14.6. The van der Waals surface area contributed by atoms with Gasteiger partial charge in [-0.3, -0.25) is 14.5 Å². The molecule has 154 valence electrons. The Balaban J connectivity index is 1.83. The highest BCUT2D eigenvalue weighted by Crippen LogP contribution is 2.42. The summed E-state index contributed by atoms with van der Waals surface area (Å²) in [6.45, 7) is 5.78. The number of ether oxygens (including phenoxy) is 1. The van der Waals surface area contributed by atoms with Gasteiger partial charge in [0.1, 0.15) is 17.3 Å². The number of aliphatic hydroxyl groups excluding tert-OH is 1. The van der Waals surface area contributed by atoms with Crippen LogP contribution in [0.2, 0.25) is 0 Å². The van der Waals surface area contributed by atoms with Gasteiger partial charge in [0, 0.05) is 6.07 Å². The molecule has 2 aromatic heterocycles. The molecule has 1 unspecified atom stereocenters. The van der Waals surface area contributed by atoms with E-state index in [-0.39, 0.29) is 17.2 Å². The standard InChI is InChI=1S/C22H20N2O6/c1-4-28-15-8-6-14(7-9-15)19-18(20(25)16-10-5-12(2)29-16)21(26)22(27)24(19)17-11-13(3)30-23-17/h5-11,19,26H,4H2,1-3H3. The van der Waals surface area contributed by atoms with Gasteiger partial charge >= 0.3 is 0 Å². The first kappa shape index (κ1) is 19.5. The zero-order chi connectivity index (χ0) is 21.4. The van der Waals surface area contributed by atoms with Crippen LogP contribution in [-0.2, 0) is 4.79 Å². The largest absolute Gasteiger partial charge is 0.503 e. The molecule has 0 saturated heterocycles. The highest BCUT2D eigenvalue weighted by Gasteiger charge is 2.46. The second kappa shape index (κ2) is 7.55. The molecule has 4 rings (SSSR count). The summed E-state index contributed by atoms with van der Waals surface area (Å²) in [5.74, 6) is -0.0408. The summed E-state index contributed by atoms with van der Waals surface area (Å²) in [4.78, 5) is 27.4. The summed E-state index contributed by atoms with van der Waals surface area (Å²) in [7, 11) is 0. The van der Waals surface area contributed by atoms with Crippen molar-refractivity contribution < 1.29 is 28.4 Å². The Labute approximate surface area is 172 Å². The van der Waals surface area contributed by atoms with Crippen molar-refractivity contribution in [2.24, 2.45) is 0 Å². The van der Waals surface area contributed by atoms with Crippen molar-refractivity contribution in [3.8, 4) is 5.75 Å². The zero-order valence-corrected chi connectivity index (χ0v) is 16.7. The van der Waals surface area contributed by atoms with Crippen molar-refractivity contribution in [2.45, 2.75) is 26.8 Å². The number of ketones is 1. The van der Waals surface area contributed by atoms with Crippen molar-refractivity contribution >= 4 is 17.5 Å². The van der Waals surface area contributed by atoms with Gasteiger partial charge in [-0.2, -0.15) is 0 Å². The minimum atomic E-state index is -0.907. The van der Waals surface area contributed by atoms with Gasteiger partial charge in [-0.1, -0.05) is 17.3 Å². The predicted octanol–water partition coefficient (Wildman–Crippen LogP) is 4.07. The van der Waals surface area contributed by atoms with Crippen LogP contribution >= 0.6 is 0 Å². The molecule has 3 aromatic rings. The van der Waals surface area contributed by atoms with Crippen LogP contribution in [0.5, 0.6) is 5.75 Å². The van der Waals surface area contributed by atoms with Gasteiger partial charge in [-0.05, 0) is 50.6 Å². The van der Waals surface area contributed by atoms with Gasteiger partial charge < -0.3 is 18.8 Å². The fourth-order valence-electron chi connectivity index (χ4n) is 3.46. The van der Waals surface area contributed by atoms with Crippen LogP contribution in [0, 0.1) is 13.8 Å². The summed E-state index contributed by atoms with van der Waals surface area (Å²) < 4.78 is 16.0. The van der Waals surface area contributed by atoms with Crippen LogP contribution in [0.25, 0.3) is 0 Å². The van der Waals surface area contributed by atoms with Gasteiger partial charge in [0.25, 0.3) is 5.91 Å². The van der Waals surface area contributed by atoms with E-state index in [1.165, 1.54) is 11.0 Å². The van der Waals surface area contributed by atoms with E-state index in [0.29, 0.717) is 29.4 Å². The molecule has 0 fully saturated rings. The third-order valence-corrected chi connectivity index (χ3v) is 4.79. The lowest BCUT2D eigenvalue weighted by molar-refractivity contribution is -0.117. The normalized spacial score (nSPS) is 16.4. The molecular formula is C22H20N2O6. The first-order valence-corrected chi connectivity index (χ1v) is 9.44. The molecule has 1 amide bonds. The number of aryl methyl sites for hydroxylation is 2. The number of hydrogen-bond acceptors (Lipinski definition) is 7. The molecule has 0 aliphatic carbocycles. The van der Waals surface area contributed by atoms with Crippen LogP contribution in [0.4, 0.5) is 5.82 Å². The Morgan fingerprint density at radius 1 is 1.17 bits per heavy atom. The number of hydrogen-bond donors (Lipinski definition) is 1. The Bertz CT molecular complexity index is 1140. The number of nitrogens with zero attached hydrogens (tertiary/aromatic N) is 2. The van der Waals surface area contributed by atoms with E-state index in [1.807, 2.05) is 6.92 Å². The van der Waals surface area contributed by atoms with Crippen molar-refractivity contribution in [1.29, 1.82) is 0 Å². The van der Waals surface area contributed by atoms with Gasteiger partial charge in [0.15, 0.2) is 17.3 Å². The second-order valence-corrected chi connectivity index (χ2v) is 6.88. The van der Waals surface area contributed by atoms with E-state index in [0.717, 1.165) is 0 Å². The lowest BCUT2D eigenvalue weighted by Crippen LogP contribution is -2.31. The van der Waals surface area contributed by atoms with Gasteiger partial charge in [0.2, 0.25) is 5.78 Å². The molecule has 1 aliphatic rings.